The molecule has 19 nitrogen and oxygen atoms in total. The molecule has 0 aromatic carbocycles. The predicted octanol–water partition coefficient (Wildman–Crippen LogP) is -2.58. The lowest BCUT2D eigenvalue weighted by Gasteiger charge is -2.21. The van der Waals surface area contributed by atoms with Crippen molar-refractivity contribution in [1.82, 2.24) is 47.0 Å². The Balaban J connectivity index is -0.0000000722. The lowest BCUT2D eigenvalue weighted by Crippen LogP contribution is -2.43. The third-order valence-electron chi connectivity index (χ3n) is 6.05. The second-order valence-electron chi connectivity index (χ2n) is 10.2. The van der Waals surface area contributed by atoms with Crippen LogP contribution >= 0.6 is 0 Å². The quantitative estimate of drug-likeness (QED) is 0.110. The highest BCUT2D eigenvalue weighted by molar-refractivity contribution is 5.86. The Kier molecular flexibility index (Phi) is 59.5. The van der Waals surface area contributed by atoms with Gasteiger partial charge in [-0.1, -0.05) is 0 Å². The molecule has 11 N–H and O–H groups in total. The Morgan fingerprint density at radius 3 is 0.843 bits per heavy atom. The average Bonchev–Trinajstić information content (AvgIpc) is 3.13. The molecule has 308 valence electrons. The van der Waals surface area contributed by atoms with Gasteiger partial charge in [-0.3, -0.25) is 33.7 Å². The second kappa shape index (κ2) is 46.2. The van der Waals surface area contributed by atoms with E-state index in [2.05, 4.69) is 43.0 Å². The third-order valence-corrected chi connectivity index (χ3v) is 6.05. The number of carbonyl (C=O) groups is 7. The Labute approximate surface area is 308 Å². The maximum Gasteiger partial charge on any atom is 0.320 e. The van der Waals surface area contributed by atoms with E-state index < -0.39 is 18.1 Å². The van der Waals surface area contributed by atoms with Crippen molar-refractivity contribution in [3.63, 3.8) is 0 Å². The fourth-order valence-corrected chi connectivity index (χ4v) is 1.92. The molecule has 5 amide bonds. The third kappa shape index (κ3) is 50.7. The van der Waals surface area contributed by atoms with Crippen molar-refractivity contribution in [3.8, 4) is 0 Å². The van der Waals surface area contributed by atoms with Crippen LogP contribution in [0.2, 0.25) is 0 Å². The molecule has 0 fully saturated rings. The highest BCUT2D eigenvalue weighted by atomic mass is 16.4. The molecular formula is C32H76N10O9. The summed E-state index contributed by atoms with van der Waals surface area (Å²) in [5, 5.41) is 33.4. The fraction of sp³-hybridized carbons (Fsp3) is 0.781. The van der Waals surface area contributed by atoms with Crippen LogP contribution in [0.25, 0.3) is 0 Å². The van der Waals surface area contributed by atoms with Gasteiger partial charge in [-0.05, 0) is 90.8 Å². The molecule has 0 aromatic rings. The molecule has 0 rings (SSSR count). The number of ketones is 1. The molecule has 0 radical (unpaired) electrons. The van der Waals surface area contributed by atoms with Crippen molar-refractivity contribution in [2.45, 2.75) is 85.6 Å². The van der Waals surface area contributed by atoms with Gasteiger partial charge in [0.25, 0.3) is 0 Å². The number of rotatable bonds is 10. The first-order valence-corrected chi connectivity index (χ1v) is 16.0. The SMILES string of the molecule is CC(C)=O.CN.CNC(=O)C(C)N(C)C.CNC(=O)C(C)N(C)C(C)=O.CNC(=O)C(C)NC.CNC(=O)C(C)NC.CNC(C)C(=O)O.CO. The minimum absolute atomic E-state index is 0.0208. The molecule has 0 saturated carbocycles. The second-order valence-corrected chi connectivity index (χ2v) is 10.2. The van der Waals surface area contributed by atoms with E-state index >= 15 is 0 Å². The lowest BCUT2D eigenvalue weighted by atomic mass is 10.3. The normalized spacial score (nSPS) is 11.6. The summed E-state index contributed by atoms with van der Waals surface area (Å²) in [6, 6.07) is -1.02. The number of nitrogens with zero attached hydrogens (tertiary/aromatic N) is 2. The molecule has 0 saturated heterocycles. The van der Waals surface area contributed by atoms with Crippen LogP contribution in [0.15, 0.2) is 0 Å². The van der Waals surface area contributed by atoms with Crippen LogP contribution in [0.5, 0.6) is 0 Å². The molecule has 5 unspecified atom stereocenters. The maximum atomic E-state index is 11.0. The summed E-state index contributed by atoms with van der Waals surface area (Å²) in [7, 11) is 19.4. The number of aliphatic hydroxyl groups excluding tert-OH is 1. The van der Waals surface area contributed by atoms with Gasteiger partial charge in [-0.2, -0.15) is 0 Å². The van der Waals surface area contributed by atoms with E-state index in [1.807, 2.05) is 25.9 Å². The highest BCUT2D eigenvalue weighted by Gasteiger charge is 2.18. The number of Topliss-reactive ketones (excluding diaryl/α,β-unsaturated/α-hetero) is 1. The number of nitrogens with two attached hydrogens (primary N) is 1. The van der Waals surface area contributed by atoms with Crippen LogP contribution in [0, 0.1) is 0 Å². The monoisotopic (exact) mass is 745 g/mol. The van der Waals surface area contributed by atoms with Gasteiger partial charge >= 0.3 is 5.97 Å². The Hall–Kier alpha value is -3.75. The summed E-state index contributed by atoms with van der Waals surface area (Å²) in [6.07, 6.45) is 0. The summed E-state index contributed by atoms with van der Waals surface area (Å²) < 4.78 is 0. The number of hydrogen-bond acceptors (Lipinski definition) is 13. The molecule has 51 heavy (non-hydrogen) atoms. The number of nitrogens with one attached hydrogen (secondary N) is 7. The van der Waals surface area contributed by atoms with Crippen molar-refractivity contribution in [1.29, 1.82) is 0 Å². The standard InChI is InChI=1S/C7H14N2O2.C6H14N2O.2C5H12N2O.C4H9NO2.C3H6O.CH5N.CH4O/c1-5(7(11)8-3)9(4)6(2)10;1-5(8(3)4)6(9)7-2;2*1-4(6-2)5(8)7-3;1-3(5-2)4(6)7;1-3(2)4;2*1-2/h5H,1-4H3,(H,8,11);5H,1-4H3,(H,7,9);2*4,6H,1-3H3,(H,7,8);3,5H,1-2H3,(H,6,7);1-2H3;2H2,1H3;2H,1H3. The van der Waals surface area contributed by atoms with Gasteiger partial charge in [0, 0.05) is 49.3 Å². The Morgan fingerprint density at radius 2 is 0.745 bits per heavy atom. The van der Waals surface area contributed by atoms with E-state index in [-0.39, 0.29) is 53.4 Å². The number of likely N-dealkylation sites (N-methyl/N-ethyl adjacent to an activating group) is 9. The topological polar surface area (TPSA) is 277 Å². The molecule has 0 heterocycles. The zero-order valence-corrected chi connectivity index (χ0v) is 35.1. The first-order chi connectivity index (χ1) is 23.4. The smallest absolute Gasteiger partial charge is 0.320 e. The van der Waals surface area contributed by atoms with Gasteiger partial charge < -0.3 is 62.9 Å². The first kappa shape index (κ1) is 65.6. The van der Waals surface area contributed by atoms with Crippen molar-refractivity contribution < 1.29 is 43.8 Å². The van der Waals surface area contributed by atoms with Crippen LogP contribution in [0.4, 0.5) is 0 Å². The van der Waals surface area contributed by atoms with Crippen molar-refractivity contribution in [3.05, 3.63) is 0 Å². The number of carbonyl (C=O) groups excluding carboxylic acids is 6. The van der Waals surface area contributed by atoms with E-state index in [1.165, 1.54) is 32.7 Å². The summed E-state index contributed by atoms with van der Waals surface area (Å²) >= 11 is 0. The molecular weight excluding hydrogens is 668 g/mol. The molecule has 19 heteroatoms. The molecule has 0 bridgehead atoms. The van der Waals surface area contributed by atoms with Crippen LogP contribution in [-0.2, 0) is 33.6 Å². The van der Waals surface area contributed by atoms with Crippen LogP contribution in [0.3, 0.4) is 0 Å². The summed E-state index contributed by atoms with van der Waals surface area (Å²) in [4.78, 5) is 76.2. The van der Waals surface area contributed by atoms with Crippen molar-refractivity contribution in [2.75, 3.05) is 84.6 Å². The number of carboxylic acid groups (broad SMARTS) is 1. The number of aliphatic hydroxyl groups is 1. The van der Waals surface area contributed by atoms with Gasteiger partial charge in [0.05, 0.1) is 18.1 Å². The van der Waals surface area contributed by atoms with Crippen molar-refractivity contribution >= 4 is 41.3 Å². The van der Waals surface area contributed by atoms with Gasteiger partial charge in [0.15, 0.2) is 0 Å². The number of carboxylic acids is 1. The lowest BCUT2D eigenvalue weighted by molar-refractivity contribution is -0.139. The van der Waals surface area contributed by atoms with E-state index in [4.69, 9.17) is 10.2 Å². The Morgan fingerprint density at radius 1 is 0.510 bits per heavy atom. The van der Waals surface area contributed by atoms with Gasteiger partial charge in [0.2, 0.25) is 29.5 Å². The van der Waals surface area contributed by atoms with E-state index in [9.17, 15) is 33.6 Å². The zero-order valence-electron chi connectivity index (χ0n) is 35.1. The fourth-order valence-electron chi connectivity index (χ4n) is 1.92. The van der Waals surface area contributed by atoms with Gasteiger partial charge in [0.1, 0.15) is 17.9 Å². The van der Waals surface area contributed by atoms with Crippen LogP contribution < -0.4 is 43.0 Å². The average molecular weight is 745 g/mol. The molecule has 0 aliphatic heterocycles. The molecule has 5 atom stereocenters. The predicted molar refractivity (Wildman–Crippen MR) is 205 cm³/mol. The minimum atomic E-state index is -0.817. The molecule has 0 aromatic heterocycles. The van der Waals surface area contributed by atoms with Crippen LogP contribution in [0.1, 0.15) is 55.4 Å². The van der Waals surface area contributed by atoms with E-state index in [0.29, 0.717) is 0 Å². The van der Waals surface area contributed by atoms with Crippen molar-refractivity contribution in [2.24, 2.45) is 5.73 Å². The zero-order chi connectivity index (χ0) is 43.0. The minimum Gasteiger partial charge on any atom is -0.480 e. The molecule has 0 aliphatic carbocycles. The molecule has 0 spiro atoms. The van der Waals surface area contributed by atoms with Crippen LogP contribution in [-0.4, -0.2) is 176 Å². The van der Waals surface area contributed by atoms with Gasteiger partial charge in [-0.25, -0.2) is 0 Å². The first-order valence-electron chi connectivity index (χ1n) is 16.0. The van der Waals surface area contributed by atoms with Gasteiger partial charge in [-0.15, -0.1) is 0 Å². The summed E-state index contributed by atoms with van der Waals surface area (Å²) in [5.41, 5.74) is 4.50. The largest absolute Gasteiger partial charge is 0.480 e. The highest BCUT2D eigenvalue weighted by Crippen LogP contribution is 1.94. The molecule has 0 aliphatic rings. The van der Waals surface area contributed by atoms with E-state index in [0.717, 1.165) is 7.11 Å². The summed E-state index contributed by atoms with van der Waals surface area (Å²) in [6.45, 7) is 13.2. The number of amides is 5. The summed E-state index contributed by atoms with van der Waals surface area (Å²) in [5.74, 6) is -0.814. The van der Waals surface area contributed by atoms with E-state index in [1.54, 1.807) is 84.1 Å². The number of aliphatic carboxylic acids is 1. The number of hydrogen-bond donors (Lipinski definition) is 10. The maximum absolute atomic E-state index is 11.0. The Bertz CT molecular complexity index is 870.